The summed E-state index contributed by atoms with van der Waals surface area (Å²) in [6.07, 6.45) is 9.69. The van der Waals surface area contributed by atoms with Crippen molar-refractivity contribution in [2.75, 3.05) is 0 Å². The van der Waals surface area contributed by atoms with Crippen molar-refractivity contribution in [1.29, 1.82) is 0 Å². The second-order valence-electron chi connectivity index (χ2n) is 32.8. The first-order valence-electron chi connectivity index (χ1n) is 45.8. The van der Waals surface area contributed by atoms with Gasteiger partial charge in [0.25, 0.3) is 23.6 Å². The largest absolute Gasteiger partial charge is 0.391 e. The number of benzene rings is 8. The Kier molecular flexibility index (Phi) is 58.5. The van der Waals surface area contributed by atoms with E-state index < -0.39 is 35.4 Å². The van der Waals surface area contributed by atoms with E-state index in [4.69, 9.17) is 132 Å². The SMILES string of the molecule is CC(C)=NOCc1c(C(N)=O)cccc1C1CC1.CC(C)=NOCc1c(C)cccc1C(=O)NCl.CC(C)=NOCc1c(Cl)cccc1C(=O)NCl.CCC(C)=NOCc1c(C(N)=O)cccc1C1CC1.CCC(C)=NOCc1c(C)cccc1C(=O)NCl.CCC(C)=NOCc1c(CC)cccc1C(N)=O.CCC(C)=NOCc1c(Cl)cccc1C(=O)NCl.CCc1cccc(C(N)=O)c1CON=C(C)C. The highest BCUT2D eigenvalue weighted by atomic mass is 35.5. The van der Waals surface area contributed by atoms with Crippen LogP contribution in [-0.2, 0) is 104 Å². The van der Waals surface area contributed by atoms with Crippen LogP contribution in [0.5, 0.6) is 0 Å². The lowest BCUT2D eigenvalue weighted by Gasteiger charge is -2.11. The fourth-order valence-corrected chi connectivity index (χ4v) is 13.4. The molecule has 0 radical (unpaired) electrons. The molecule has 0 aromatic heterocycles. The van der Waals surface area contributed by atoms with Crippen molar-refractivity contribution in [1.82, 2.24) is 19.3 Å². The predicted molar refractivity (Wildman–Crippen MR) is 568 cm³/mol. The van der Waals surface area contributed by atoms with E-state index in [0.29, 0.717) is 90.7 Å². The van der Waals surface area contributed by atoms with Crippen molar-refractivity contribution in [3.63, 3.8) is 0 Å². The highest BCUT2D eigenvalue weighted by molar-refractivity contribution is 6.33. The van der Waals surface area contributed by atoms with E-state index in [2.05, 4.69) is 57.0 Å². The molecule has 0 spiro atoms. The maximum atomic E-state index is 11.6. The molecular weight excluding hydrogens is 1940 g/mol. The molecule has 2 aliphatic carbocycles. The molecule has 0 bridgehead atoms. The van der Waals surface area contributed by atoms with Gasteiger partial charge in [-0.15, -0.1) is 0 Å². The predicted octanol–water partition coefficient (Wildman–Crippen LogP) is 23.1. The van der Waals surface area contributed by atoms with Crippen LogP contribution in [0.2, 0.25) is 10.0 Å². The molecule has 768 valence electrons. The molecule has 0 aliphatic heterocycles. The topological polar surface area (TPSA) is 461 Å². The van der Waals surface area contributed by atoms with E-state index in [1.165, 1.54) is 36.8 Å². The molecule has 0 saturated heterocycles. The van der Waals surface area contributed by atoms with Crippen LogP contribution in [0.3, 0.4) is 0 Å². The van der Waals surface area contributed by atoms with Gasteiger partial charge in [-0.2, -0.15) is 0 Å². The molecule has 0 atom stereocenters. The molecule has 8 aromatic rings. The van der Waals surface area contributed by atoms with Gasteiger partial charge in [0.05, 0.1) is 45.7 Å². The summed E-state index contributed by atoms with van der Waals surface area (Å²) in [5.41, 5.74) is 44.9. The minimum Gasteiger partial charge on any atom is -0.391 e. The van der Waals surface area contributed by atoms with Gasteiger partial charge in [-0.1, -0.05) is 191 Å². The summed E-state index contributed by atoms with van der Waals surface area (Å²) < 4.78 is 0. The van der Waals surface area contributed by atoms with Crippen LogP contribution in [0.25, 0.3) is 0 Å². The number of aryl methyl sites for hydroxylation is 4. The van der Waals surface area contributed by atoms with Crippen LogP contribution in [-0.4, -0.2) is 93.0 Å². The maximum Gasteiger partial charge on any atom is 0.266 e. The monoisotopic (exact) mass is 2070 g/mol. The summed E-state index contributed by atoms with van der Waals surface area (Å²) in [5.74, 6) is -2.11. The number of nitrogens with zero attached hydrogens (tertiary/aromatic N) is 8. The molecule has 2 aliphatic rings. The van der Waals surface area contributed by atoms with Crippen LogP contribution in [0.1, 0.15) is 349 Å². The minimum atomic E-state index is -0.434. The fourth-order valence-electron chi connectivity index (χ4n) is 12.5. The van der Waals surface area contributed by atoms with Crippen molar-refractivity contribution < 1.29 is 77.1 Å². The average molecular weight is 2080 g/mol. The van der Waals surface area contributed by atoms with E-state index in [1.807, 2.05) is 189 Å². The summed E-state index contributed by atoms with van der Waals surface area (Å²) in [6, 6.07) is 43.2. The van der Waals surface area contributed by atoms with Crippen LogP contribution in [0.15, 0.2) is 187 Å². The van der Waals surface area contributed by atoms with Crippen LogP contribution < -0.4 is 42.3 Å². The van der Waals surface area contributed by atoms with Crippen molar-refractivity contribution in [2.24, 2.45) is 64.2 Å². The molecule has 142 heavy (non-hydrogen) atoms. The number of amides is 8. The Bertz CT molecular complexity index is 5600. The average Bonchev–Trinajstić information content (AvgIpc) is 1.65. The lowest BCUT2D eigenvalue weighted by molar-refractivity contribution is 0.0962. The molecule has 2 fully saturated rings. The first-order chi connectivity index (χ1) is 67.7. The molecule has 0 unspecified atom stereocenters. The van der Waals surface area contributed by atoms with Crippen LogP contribution >= 0.6 is 70.3 Å². The van der Waals surface area contributed by atoms with Crippen molar-refractivity contribution >= 4 is 163 Å². The number of oxime groups is 8. The Labute approximate surface area is 863 Å². The lowest BCUT2D eigenvalue weighted by atomic mass is 9.98. The van der Waals surface area contributed by atoms with Gasteiger partial charge in [0.2, 0.25) is 23.6 Å². The molecule has 8 amide bonds. The first-order valence-corrected chi connectivity index (χ1v) is 48.1. The number of carbonyl (C=O) groups excluding carboxylic acids is 8. The van der Waals surface area contributed by atoms with Gasteiger partial charge in [-0.05, 0) is 267 Å². The maximum absolute atomic E-state index is 11.6. The second-order valence-corrected chi connectivity index (χ2v) is 34.4. The quantitative estimate of drug-likeness (QED) is 0.0100. The van der Waals surface area contributed by atoms with Gasteiger partial charge in [0, 0.05) is 146 Å². The molecule has 38 heteroatoms. The summed E-state index contributed by atoms with van der Waals surface area (Å²) >= 11 is 33.3. The molecule has 32 nitrogen and oxygen atoms in total. The zero-order valence-electron chi connectivity index (χ0n) is 84.4. The van der Waals surface area contributed by atoms with Gasteiger partial charge in [-0.3, -0.25) is 57.7 Å². The normalized spacial score (nSPS) is 11.6. The minimum absolute atomic E-state index is 0.116. The Morgan fingerprint density at radius 1 is 0.282 bits per heavy atom. The van der Waals surface area contributed by atoms with E-state index in [9.17, 15) is 38.4 Å². The number of nitrogens with one attached hydrogen (secondary N) is 4. The van der Waals surface area contributed by atoms with Gasteiger partial charge >= 0.3 is 0 Å². The van der Waals surface area contributed by atoms with Crippen molar-refractivity contribution in [2.45, 2.75) is 267 Å². The molecule has 2 saturated carbocycles. The van der Waals surface area contributed by atoms with E-state index in [1.54, 1.807) is 98.8 Å². The molecule has 0 heterocycles. The summed E-state index contributed by atoms with van der Waals surface area (Å²) in [6.45, 7) is 40.1. The van der Waals surface area contributed by atoms with Crippen LogP contribution in [0, 0.1) is 13.8 Å². The molecule has 12 N–H and O–H groups in total. The van der Waals surface area contributed by atoms with Crippen LogP contribution in [0.4, 0.5) is 0 Å². The molecular formula is C104H134Cl6N16O16. The Morgan fingerprint density at radius 2 is 0.486 bits per heavy atom. The van der Waals surface area contributed by atoms with Gasteiger partial charge in [-0.25, -0.2) is 0 Å². The number of nitrogens with two attached hydrogens (primary N) is 4. The van der Waals surface area contributed by atoms with Gasteiger partial charge < -0.3 is 61.6 Å². The Hall–Kier alpha value is -13.0. The summed E-state index contributed by atoms with van der Waals surface area (Å²) in [5, 5.41) is 32.1. The summed E-state index contributed by atoms with van der Waals surface area (Å²) in [4.78, 5) is 142. The highest BCUT2D eigenvalue weighted by Gasteiger charge is 2.30. The zero-order chi connectivity index (χ0) is 106. The third-order valence-corrected chi connectivity index (χ3v) is 22.2. The fraction of sp³-hybridized carbons (Fsp3) is 0.385. The number of hydrogen-bond acceptors (Lipinski definition) is 24. The smallest absolute Gasteiger partial charge is 0.266 e. The van der Waals surface area contributed by atoms with E-state index in [-0.39, 0.29) is 51.5 Å². The molecule has 10 rings (SSSR count). The second kappa shape index (κ2) is 67.4. The van der Waals surface area contributed by atoms with E-state index in [0.717, 1.165) is 140 Å². The number of carbonyl (C=O) groups is 8. The number of primary amides is 4. The summed E-state index contributed by atoms with van der Waals surface area (Å²) in [7, 11) is 0. The Balaban J connectivity index is 0.000000417. The zero-order valence-corrected chi connectivity index (χ0v) is 89.0. The Morgan fingerprint density at radius 3 is 0.718 bits per heavy atom. The van der Waals surface area contributed by atoms with Crippen molar-refractivity contribution in [3.05, 3.63) is 278 Å². The number of halogens is 6. The van der Waals surface area contributed by atoms with E-state index >= 15 is 0 Å². The first kappa shape index (κ1) is 123. The lowest BCUT2D eigenvalue weighted by Crippen LogP contribution is -2.15. The number of rotatable bonds is 40. The van der Waals surface area contributed by atoms with Gasteiger partial charge in [0.15, 0.2) is 0 Å². The van der Waals surface area contributed by atoms with Gasteiger partial charge in [0.1, 0.15) is 52.9 Å². The molecule has 8 aromatic carbocycles. The van der Waals surface area contributed by atoms with Crippen molar-refractivity contribution in [3.8, 4) is 0 Å². The highest BCUT2D eigenvalue weighted by Crippen LogP contribution is 2.44. The third-order valence-electron chi connectivity index (χ3n) is 20.8. The standard InChI is InChI=1S/C15H20N2O2.C14H18N2O2.C14H20N2O2.C13H17ClN2O2.C13H18N2O2.C12H14Cl2N2O2.C12H15ClN2O2.C11H12Cl2N2O2/c1-3-10(2)17-19-9-14-12(11-7-8-11)5-4-6-13(14)15(16)18;1-9(2)16-18-8-13-11(10-6-7-10)4-3-5-12(13)14(15)17;1-4-10(3)16-18-9-13-11(5-2)7-6-8-12(13)14(15)17;1-4-10(3)16-18-8-12-9(2)6-5-7-11(12)13(17)15-14;1-4-10-6-5-7-11(13(14)16)12(10)8-17-15-9(2)3;1-3-8(2)16-18-7-10-9(12(17)15-14)5-4-6-11(10)13;1-8(2)15-17-7-11-9(3)5-4-6-10(11)12(16)14-13;1-7(2)15-17-6-9-8(11(16)14-13)4-3-5-10(9)12/h4-6,11H,3,7-9H2,1-2H3,(H2,16,18);3-5,10H,6-8H2,1-2H3,(H2,15,17);6-8H,4-5,9H2,1-3H3,(H2,15,17);5-7H,4,8H2,1-3H3,(H,15,17);5-7H,4,8H2,1-3H3,(H2,14,16);4-6H,3,7H2,1-2H3,(H,15,17);4-6H,7H2,1-3H3,(H,14,16);3-5H,6H2,1-2H3,(H,14,16). The number of hydrogen-bond donors (Lipinski definition) is 8. The third kappa shape index (κ3) is 44.5.